The summed E-state index contributed by atoms with van der Waals surface area (Å²) in [5.74, 6) is -0.559. The Morgan fingerprint density at radius 3 is 2.28 bits per heavy atom. The quantitative estimate of drug-likeness (QED) is 0.226. The number of aliphatic carboxylic acids is 1. The van der Waals surface area contributed by atoms with Gasteiger partial charge in [-0.3, -0.25) is 4.79 Å². The molecule has 6 heteroatoms. The van der Waals surface area contributed by atoms with E-state index in [0.717, 1.165) is 40.6 Å². The maximum Gasteiger partial charge on any atom is 0.344 e. The highest BCUT2D eigenvalue weighted by molar-refractivity contribution is 5.99. The molecular weight excluding hydrogens is 488 g/mol. The molecule has 0 fully saturated rings. The lowest BCUT2D eigenvalue weighted by Crippen LogP contribution is -2.26. The van der Waals surface area contributed by atoms with Crippen molar-refractivity contribution in [1.29, 1.82) is 0 Å². The van der Waals surface area contributed by atoms with Gasteiger partial charge in [-0.15, -0.1) is 0 Å². The summed E-state index contributed by atoms with van der Waals surface area (Å²) in [7, 11) is 2.02. The molecule has 204 valence electrons. The summed E-state index contributed by atoms with van der Waals surface area (Å²) in [5.41, 5.74) is 7.50. The van der Waals surface area contributed by atoms with Crippen molar-refractivity contribution in [3.8, 4) is 5.75 Å². The smallest absolute Gasteiger partial charge is 0.344 e. The summed E-state index contributed by atoms with van der Waals surface area (Å²) in [6.07, 6.45) is 3.26. The van der Waals surface area contributed by atoms with Crippen molar-refractivity contribution >= 4 is 22.8 Å². The molecule has 3 aromatic carbocycles. The average Bonchev–Trinajstić information content (AvgIpc) is 3.17. The van der Waals surface area contributed by atoms with Gasteiger partial charge in [-0.1, -0.05) is 55.8 Å². The van der Waals surface area contributed by atoms with Crippen LogP contribution in [0, 0.1) is 6.92 Å². The van der Waals surface area contributed by atoms with Crippen molar-refractivity contribution < 1.29 is 19.4 Å². The van der Waals surface area contributed by atoms with Crippen LogP contribution in [0.4, 0.5) is 0 Å². The van der Waals surface area contributed by atoms with Crippen LogP contribution < -0.4 is 10.1 Å². The minimum atomic E-state index is -0.996. The summed E-state index contributed by atoms with van der Waals surface area (Å²) in [6.45, 7) is 7.81. The lowest BCUT2D eigenvalue weighted by molar-refractivity contribution is -0.144. The highest BCUT2D eigenvalue weighted by Crippen LogP contribution is 2.29. The monoisotopic (exact) mass is 526 g/mol. The first-order valence-electron chi connectivity index (χ1n) is 13.6. The van der Waals surface area contributed by atoms with Crippen LogP contribution in [0.15, 0.2) is 66.7 Å². The van der Waals surface area contributed by atoms with Gasteiger partial charge in [0.05, 0.1) is 6.04 Å². The van der Waals surface area contributed by atoms with Crippen LogP contribution in [-0.4, -0.2) is 27.7 Å². The third-order valence-electron chi connectivity index (χ3n) is 7.50. The van der Waals surface area contributed by atoms with Gasteiger partial charge in [0, 0.05) is 29.2 Å². The highest BCUT2D eigenvalue weighted by Gasteiger charge is 2.17. The third-order valence-corrected chi connectivity index (χ3v) is 7.50. The Bertz CT molecular complexity index is 1450. The molecule has 4 rings (SSSR count). The minimum absolute atomic E-state index is 0.0916. The zero-order valence-corrected chi connectivity index (χ0v) is 23.5. The number of aromatic nitrogens is 1. The first-order valence-corrected chi connectivity index (χ1v) is 13.6. The molecule has 1 amide bonds. The lowest BCUT2D eigenvalue weighted by Gasteiger charge is -2.15. The van der Waals surface area contributed by atoms with Gasteiger partial charge < -0.3 is 19.7 Å². The molecule has 0 spiro atoms. The minimum Gasteiger partial charge on any atom is -0.479 e. The van der Waals surface area contributed by atoms with E-state index in [1.54, 1.807) is 12.1 Å². The molecule has 6 nitrogen and oxygen atoms in total. The van der Waals surface area contributed by atoms with Crippen LogP contribution in [0.2, 0.25) is 0 Å². The number of rotatable bonds is 11. The first-order chi connectivity index (χ1) is 18.7. The van der Waals surface area contributed by atoms with Gasteiger partial charge in [-0.25, -0.2) is 4.79 Å². The average molecular weight is 527 g/mol. The normalized spacial score (nSPS) is 12.7. The van der Waals surface area contributed by atoms with Gasteiger partial charge in [0.25, 0.3) is 5.91 Å². The van der Waals surface area contributed by atoms with Gasteiger partial charge in [0.1, 0.15) is 5.75 Å². The number of nitrogens with one attached hydrogen (secondary N) is 1. The second-order valence-electron chi connectivity index (χ2n) is 10.3. The summed E-state index contributed by atoms with van der Waals surface area (Å²) in [4.78, 5) is 24.2. The molecule has 2 atom stereocenters. The number of hydrogen-bond donors (Lipinski definition) is 2. The molecular formula is C33H38N2O4. The molecule has 0 saturated heterocycles. The van der Waals surface area contributed by atoms with Crippen LogP contribution in [0.25, 0.3) is 10.9 Å². The van der Waals surface area contributed by atoms with Crippen LogP contribution in [0.3, 0.4) is 0 Å². The number of unbranched alkanes of at least 4 members (excludes halogenated alkanes) is 1. The van der Waals surface area contributed by atoms with E-state index in [-0.39, 0.29) is 11.9 Å². The number of aryl methyl sites for hydroxylation is 2. The largest absolute Gasteiger partial charge is 0.479 e. The van der Waals surface area contributed by atoms with Gasteiger partial charge in [0.2, 0.25) is 0 Å². The Labute approximate surface area is 230 Å². The van der Waals surface area contributed by atoms with Crippen LogP contribution in [-0.2, 0) is 24.7 Å². The van der Waals surface area contributed by atoms with Crippen LogP contribution in [0.5, 0.6) is 5.75 Å². The molecule has 1 heterocycles. The van der Waals surface area contributed by atoms with E-state index in [1.165, 1.54) is 30.9 Å². The molecule has 1 aromatic heterocycles. The Hall–Kier alpha value is -4.06. The summed E-state index contributed by atoms with van der Waals surface area (Å²) >= 11 is 0. The molecule has 0 aliphatic carbocycles. The van der Waals surface area contributed by atoms with E-state index in [9.17, 15) is 9.59 Å². The number of hydrogen-bond acceptors (Lipinski definition) is 3. The number of carbonyl (C=O) groups excluding carboxylic acids is 1. The van der Waals surface area contributed by atoms with E-state index in [0.29, 0.717) is 11.3 Å². The van der Waals surface area contributed by atoms with E-state index < -0.39 is 12.1 Å². The molecule has 0 bridgehead atoms. The molecule has 0 aliphatic heterocycles. The zero-order valence-electron chi connectivity index (χ0n) is 23.5. The third kappa shape index (κ3) is 6.51. The summed E-state index contributed by atoms with van der Waals surface area (Å²) in [6, 6.07) is 21.9. The number of ether oxygens (including phenoxy) is 1. The van der Waals surface area contributed by atoms with Crippen LogP contribution in [0.1, 0.15) is 78.0 Å². The predicted octanol–water partition coefficient (Wildman–Crippen LogP) is 6.76. The second kappa shape index (κ2) is 12.2. The summed E-state index contributed by atoms with van der Waals surface area (Å²) < 4.78 is 7.58. The maximum absolute atomic E-state index is 13.2. The van der Waals surface area contributed by atoms with Crippen molar-refractivity contribution in [1.82, 2.24) is 9.88 Å². The summed E-state index contributed by atoms with van der Waals surface area (Å²) in [5, 5.41) is 13.3. The fourth-order valence-electron chi connectivity index (χ4n) is 4.87. The van der Waals surface area contributed by atoms with Gasteiger partial charge >= 0.3 is 5.97 Å². The van der Waals surface area contributed by atoms with Crippen molar-refractivity contribution in [3.05, 3.63) is 100 Å². The van der Waals surface area contributed by atoms with Gasteiger partial charge in [-0.05, 0) is 86.6 Å². The number of amides is 1. The van der Waals surface area contributed by atoms with Crippen molar-refractivity contribution in [2.75, 3.05) is 0 Å². The van der Waals surface area contributed by atoms with Crippen LogP contribution >= 0.6 is 0 Å². The van der Waals surface area contributed by atoms with E-state index in [1.807, 2.05) is 44.3 Å². The van der Waals surface area contributed by atoms with Gasteiger partial charge in [-0.2, -0.15) is 0 Å². The number of fused-ring (bicyclic) bond motifs is 1. The maximum atomic E-state index is 13.2. The van der Waals surface area contributed by atoms with Gasteiger partial charge in [0.15, 0.2) is 6.10 Å². The van der Waals surface area contributed by atoms with E-state index in [4.69, 9.17) is 9.84 Å². The molecule has 4 aromatic rings. The molecule has 0 radical (unpaired) electrons. The fourth-order valence-corrected chi connectivity index (χ4v) is 4.87. The topological polar surface area (TPSA) is 80.6 Å². The Kier molecular flexibility index (Phi) is 8.75. The number of carbonyl (C=O) groups is 2. The van der Waals surface area contributed by atoms with E-state index >= 15 is 0 Å². The predicted molar refractivity (Wildman–Crippen MR) is 156 cm³/mol. The zero-order chi connectivity index (χ0) is 28.1. The number of carboxylic acid groups (broad SMARTS) is 1. The lowest BCUT2D eigenvalue weighted by atomic mass is 10.0. The number of carboxylic acids is 1. The number of nitrogens with zero attached hydrogens (tertiary/aromatic N) is 1. The number of benzene rings is 3. The molecule has 39 heavy (non-hydrogen) atoms. The van der Waals surface area contributed by atoms with E-state index in [2.05, 4.69) is 48.0 Å². The standard InChI is InChI=1S/C33H38N2O4/c1-6-7-8-24-9-13-26(14-10-24)21(2)34-32(36)27-15-18-29-30(22(3)35(5)31(29)20-27)19-25-11-16-28(17-12-25)39-23(4)33(37)38/h9-18,20-21,23H,6-8,19H2,1-5H3,(H,34,36)(H,37,38)/t21-,23?/m0/s1. The van der Waals surface area contributed by atoms with Crippen molar-refractivity contribution in [2.45, 2.75) is 65.5 Å². The Morgan fingerprint density at radius 1 is 0.974 bits per heavy atom. The highest BCUT2D eigenvalue weighted by atomic mass is 16.5. The molecule has 0 aliphatic rings. The van der Waals surface area contributed by atoms with Crippen molar-refractivity contribution in [3.63, 3.8) is 0 Å². The fraction of sp³-hybridized carbons (Fsp3) is 0.333. The molecule has 1 unspecified atom stereocenters. The second-order valence-corrected chi connectivity index (χ2v) is 10.3. The Morgan fingerprint density at radius 2 is 1.64 bits per heavy atom. The van der Waals surface area contributed by atoms with Crippen molar-refractivity contribution in [2.24, 2.45) is 7.05 Å². The molecule has 0 saturated carbocycles. The Balaban J connectivity index is 1.48. The SMILES string of the molecule is CCCCc1ccc([C@H](C)NC(=O)c2ccc3c(Cc4ccc(OC(C)C(=O)O)cc4)c(C)n(C)c3c2)cc1. The molecule has 2 N–H and O–H groups in total. The first kappa shape index (κ1) is 28.0.